The molecule has 0 atom stereocenters. The van der Waals surface area contributed by atoms with Crippen molar-refractivity contribution in [3.63, 3.8) is 0 Å². The van der Waals surface area contributed by atoms with Crippen LogP contribution < -0.4 is 0 Å². The molecule has 12 aromatic rings. The predicted octanol–water partition coefficient (Wildman–Crippen LogP) is 16.6. The average Bonchev–Trinajstić information content (AvgIpc) is 3.52. The van der Waals surface area contributed by atoms with Crippen LogP contribution in [0.15, 0.2) is 194 Å². The van der Waals surface area contributed by atoms with Gasteiger partial charge < -0.3 is 0 Å². The molecule has 0 unspecified atom stereocenters. The first-order valence-corrected chi connectivity index (χ1v) is 20.8. The summed E-state index contributed by atoms with van der Waals surface area (Å²) in [4.78, 5) is 0. The van der Waals surface area contributed by atoms with Gasteiger partial charge in [-0.3, -0.25) is 0 Å². The lowest BCUT2D eigenvalue weighted by atomic mass is 9.80. The molecule has 0 aliphatic heterocycles. The van der Waals surface area contributed by atoms with Crippen molar-refractivity contribution in [3.8, 4) is 33.4 Å². The van der Waals surface area contributed by atoms with Gasteiger partial charge in [-0.2, -0.15) is 0 Å². The summed E-state index contributed by atoms with van der Waals surface area (Å²) in [5.74, 6) is 0. The van der Waals surface area contributed by atoms with E-state index in [0.717, 1.165) is 0 Å². The summed E-state index contributed by atoms with van der Waals surface area (Å²) >= 11 is 0. The first-order valence-electron chi connectivity index (χ1n) is 20.8. The Kier molecular flexibility index (Phi) is 6.60. The molecule has 0 saturated carbocycles. The fraction of sp³-hybridized carbons (Fsp3) is 0.0508. The summed E-state index contributed by atoms with van der Waals surface area (Å²) in [5, 5.41) is 20.9. The van der Waals surface area contributed by atoms with Crippen LogP contribution in [0.2, 0.25) is 0 Å². The molecule has 0 heteroatoms. The summed E-state index contributed by atoms with van der Waals surface area (Å²) < 4.78 is 0. The number of benzene rings is 12. The van der Waals surface area contributed by atoms with E-state index in [1.807, 2.05) is 0 Å². The van der Waals surface area contributed by atoms with Gasteiger partial charge in [0.05, 0.1) is 0 Å². The third-order valence-corrected chi connectivity index (χ3v) is 13.8. The van der Waals surface area contributed by atoms with E-state index in [-0.39, 0.29) is 5.41 Å². The van der Waals surface area contributed by atoms with E-state index in [1.165, 1.54) is 131 Å². The third kappa shape index (κ3) is 4.49. The smallest absolute Gasteiger partial charge is 0.0159 e. The van der Waals surface area contributed by atoms with Crippen molar-refractivity contribution >= 4 is 86.2 Å². The molecule has 0 aromatic heterocycles. The van der Waals surface area contributed by atoms with Gasteiger partial charge >= 0.3 is 0 Å². The van der Waals surface area contributed by atoms with Crippen molar-refractivity contribution in [3.05, 3.63) is 205 Å². The number of hydrogen-bond acceptors (Lipinski definition) is 0. The van der Waals surface area contributed by atoms with Crippen LogP contribution in [-0.2, 0) is 5.41 Å². The van der Waals surface area contributed by atoms with Crippen molar-refractivity contribution in [1.82, 2.24) is 0 Å². The lowest BCUT2D eigenvalue weighted by Gasteiger charge is -2.23. The molecule has 0 saturated heterocycles. The SMILES string of the molecule is CC1(C)c2cc(-c3cc4c5ccccc5c5ccccc5c4c4ccccc34)ccc2-c2ccc(-c3cc4ccc5ccccc5c4c4c3ccc3ccccc34)cc21. The Hall–Kier alpha value is -7.28. The molecular formula is C59H38. The van der Waals surface area contributed by atoms with Crippen molar-refractivity contribution < 1.29 is 0 Å². The van der Waals surface area contributed by atoms with E-state index in [4.69, 9.17) is 0 Å². The highest BCUT2D eigenvalue weighted by Crippen LogP contribution is 2.52. The van der Waals surface area contributed by atoms with Crippen LogP contribution in [0.4, 0.5) is 0 Å². The Morgan fingerprint density at radius 3 is 1.32 bits per heavy atom. The van der Waals surface area contributed by atoms with Crippen LogP contribution in [-0.4, -0.2) is 0 Å². The highest BCUT2D eigenvalue weighted by molar-refractivity contribution is 6.33. The highest BCUT2D eigenvalue weighted by Gasteiger charge is 2.36. The maximum atomic E-state index is 2.49. The maximum Gasteiger partial charge on any atom is 0.0159 e. The molecule has 1 aliphatic rings. The molecule has 0 spiro atoms. The quantitative estimate of drug-likeness (QED) is 0.155. The molecule has 13 rings (SSSR count). The largest absolute Gasteiger partial charge is 0.0616 e. The monoisotopic (exact) mass is 746 g/mol. The maximum absolute atomic E-state index is 2.49. The van der Waals surface area contributed by atoms with Crippen molar-refractivity contribution in [1.29, 1.82) is 0 Å². The Morgan fingerprint density at radius 2 is 0.695 bits per heavy atom. The van der Waals surface area contributed by atoms with Gasteiger partial charge in [-0.25, -0.2) is 0 Å². The molecule has 59 heavy (non-hydrogen) atoms. The average molecular weight is 747 g/mol. The molecular weight excluding hydrogens is 709 g/mol. The fourth-order valence-corrected chi connectivity index (χ4v) is 11.0. The van der Waals surface area contributed by atoms with E-state index in [9.17, 15) is 0 Å². The number of fused-ring (bicyclic) bond motifs is 18. The van der Waals surface area contributed by atoms with E-state index in [1.54, 1.807) is 0 Å². The molecule has 0 bridgehead atoms. The van der Waals surface area contributed by atoms with Crippen LogP contribution >= 0.6 is 0 Å². The fourth-order valence-electron chi connectivity index (χ4n) is 11.0. The molecule has 12 aromatic carbocycles. The van der Waals surface area contributed by atoms with Crippen LogP contribution in [0, 0.1) is 0 Å². The van der Waals surface area contributed by atoms with Gasteiger partial charge in [0, 0.05) is 5.41 Å². The summed E-state index contributed by atoms with van der Waals surface area (Å²) in [5.41, 5.74) is 10.3. The molecule has 1 aliphatic carbocycles. The minimum atomic E-state index is -0.193. The minimum absolute atomic E-state index is 0.193. The summed E-state index contributed by atoms with van der Waals surface area (Å²) in [6, 6.07) is 73.2. The molecule has 274 valence electrons. The number of hydrogen-bond donors (Lipinski definition) is 0. The van der Waals surface area contributed by atoms with Crippen molar-refractivity contribution in [2.45, 2.75) is 19.3 Å². The van der Waals surface area contributed by atoms with Crippen molar-refractivity contribution in [2.24, 2.45) is 0 Å². The minimum Gasteiger partial charge on any atom is -0.0616 e. The predicted molar refractivity (Wildman–Crippen MR) is 255 cm³/mol. The van der Waals surface area contributed by atoms with Crippen LogP contribution in [0.25, 0.3) is 120 Å². The molecule has 0 N–H and O–H groups in total. The molecule has 0 fully saturated rings. The molecule has 0 amide bonds. The standard InChI is InChI=1S/C59H38/c1-59(2)54-32-37(51-31-39-24-23-35-13-3-5-15-40(35)56(39)58-41-16-6-4-14-36(41)25-30-50(51)58)26-28-46(54)47-29-27-38(33-55(47)59)52-34-53-44-19-8-7-17-42(44)43-18-9-11-21-48(43)57(53)49-22-12-10-20-45(49)52/h3-34H,1-2H3. The Bertz CT molecular complexity index is 3750. The highest BCUT2D eigenvalue weighted by atomic mass is 14.4. The van der Waals surface area contributed by atoms with Crippen molar-refractivity contribution in [2.75, 3.05) is 0 Å². The van der Waals surface area contributed by atoms with E-state index >= 15 is 0 Å². The van der Waals surface area contributed by atoms with E-state index in [2.05, 4.69) is 208 Å². The summed E-state index contributed by atoms with van der Waals surface area (Å²) in [6.45, 7) is 4.84. The van der Waals surface area contributed by atoms with Gasteiger partial charge in [-0.1, -0.05) is 184 Å². The second kappa shape index (κ2) is 11.9. The van der Waals surface area contributed by atoms with Gasteiger partial charge in [0.2, 0.25) is 0 Å². The zero-order valence-corrected chi connectivity index (χ0v) is 33.0. The van der Waals surface area contributed by atoms with E-state index < -0.39 is 0 Å². The Labute approximate surface area is 342 Å². The second-order valence-electron chi connectivity index (χ2n) is 17.1. The van der Waals surface area contributed by atoms with Gasteiger partial charge in [0.15, 0.2) is 0 Å². The first kappa shape index (κ1) is 32.8. The molecule has 0 nitrogen and oxygen atoms in total. The van der Waals surface area contributed by atoms with Gasteiger partial charge in [0.25, 0.3) is 0 Å². The zero-order chi connectivity index (χ0) is 39.0. The molecule has 0 radical (unpaired) electrons. The first-order chi connectivity index (χ1) is 29.0. The van der Waals surface area contributed by atoms with Crippen LogP contribution in [0.5, 0.6) is 0 Å². The van der Waals surface area contributed by atoms with Gasteiger partial charge in [-0.15, -0.1) is 0 Å². The van der Waals surface area contributed by atoms with Gasteiger partial charge in [-0.05, 0) is 155 Å². The van der Waals surface area contributed by atoms with Crippen LogP contribution in [0.3, 0.4) is 0 Å². The van der Waals surface area contributed by atoms with Crippen LogP contribution in [0.1, 0.15) is 25.0 Å². The lowest BCUT2D eigenvalue weighted by Crippen LogP contribution is -2.15. The molecule has 0 heterocycles. The summed E-state index contributed by atoms with van der Waals surface area (Å²) in [6.07, 6.45) is 0. The second-order valence-corrected chi connectivity index (χ2v) is 17.1. The zero-order valence-electron chi connectivity index (χ0n) is 33.0. The van der Waals surface area contributed by atoms with E-state index in [0.29, 0.717) is 0 Å². The normalized spacial score (nSPS) is 13.4. The topological polar surface area (TPSA) is 0 Å². The van der Waals surface area contributed by atoms with Gasteiger partial charge in [0.1, 0.15) is 0 Å². The Morgan fingerprint density at radius 1 is 0.254 bits per heavy atom. The third-order valence-electron chi connectivity index (χ3n) is 13.8. The Balaban J connectivity index is 1.01. The lowest BCUT2D eigenvalue weighted by molar-refractivity contribution is 0.661. The summed E-state index contributed by atoms with van der Waals surface area (Å²) in [7, 11) is 0. The number of rotatable bonds is 2.